The van der Waals surface area contributed by atoms with E-state index in [0.717, 1.165) is 0 Å². The minimum Gasteiger partial charge on any atom is -0.444 e. The van der Waals surface area contributed by atoms with Crippen molar-refractivity contribution in [3.8, 4) is 0 Å². The largest absolute Gasteiger partial charge is 0.444 e. The van der Waals surface area contributed by atoms with Crippen LogP contribution in [-0.2, 0) is 15.0 Å². The summed E-state index contributed by atoms with van der Waals surface area (Å²) in [6.07, 6.45) is -0.631. The highest BCUT2D eigenvalue weighted by Crippen LogP contribution is 2.08. The monoisotopic (exact) mass is 255 g/mol. The Kier molecular flexibility index (Phi) is 5.18. The molecule has 0 aromatic carbocycles. The van der Waals surface area contributed by atoms with Gasteiger partial charge in [0, 0.05) is 6.54 Å². The van der Waals surface area contributed by atoms with Crippen molar-refractivity contribution in [2.45, 2.75) is 45.0 Å². The maximum Gasteiger partial charge on any atom is 0.407 e. The van der Waals surface area contributed by atoms with Gasteiger partial charge in [0.2, 0.25) is 0 Å². The Morgan fingerprint density at radius 2 is 1.94 bits per heavy atom. The Morgan fingerprint density at radius 3 is 2.31 bits per heavy atom. The van der Waals surface area contributed by atoms with Gasteiger partial charge in [0.25, 0.3) is 0 Å². The molecule has 0 radical (unpaired) electrons. The zero-order valence-electron chi connectivity index (χ0n) is 9.91. The van der Waals surface area contributed by atoms with Crippen molar-refractivity contribution in [3.63, 3.8) is 0 Å². The summed E-state index contributed by atoms with van der Waals surface area (Å²) in [6.45, 7) is 6.43. The SMILES string of the molecule is CC(CCNC(=O)OC(C)(C)C)S(=O)(=O)F. The van der Waals surface area contributed by atoms with Gasteiger partial charge in [-0.25, -0.2) is 4.79 Å². The summed E-state index contributed by atoms with van der Waals surface area (Å²) in [5, 5.41) is 1.23. The first kappa shape index (κ1) is 15.2. The van der Waals surface area contributed by atoms with Crippen molar-refractivity contribution < 1.29 is 21.8 Å². The first-order valence-electron chi connectivity index (χ1n) is 4.92. The second kappa shape index (κ2) is 5.47. The Bertz CT molecular complexity index is 334. The van der Waals surface area contributed by atoms with E-state index in [1.165, 1.54) is 6.92 Å². The molecular formula is C9H18FNO4S. The molecule has 0 saturated carbocycles. The molecule has 16 heavy (non-hydrogen) atoms. The van der Waals surface area contributed by atoms with E-state index in [0.29, 0.717) is 0 Å². The first-order chi connectivity index (χ1) is 7.02. The number of amides is 1. The van der Waals surface area contributed by atoms with Crippen LogP contribution in [0.5, 0.6) is 0 Å². The highest BCUT2D eigenvalue weighted by molar-refractivity contribution is 7.86. The molecule has 0 aliphatic carbocycles. The molecule has 0 aromatic heterocycles. The van der Waals surface area contributed by atoms with E-state index in [-0.39, 0.29) is 13.0 Å². The van der Waals surface area contributed by atoms with Crippen LogP contribution in [0.15, 0.2) is 0 Å². The molecule has 7 heteroatoms. The number of alkyl carbamates (subject to hydrolysis) is 1. The molecule has 1 amide bonds. The molecular weight excluding hydrogens is 237 g/mol. The molecule has 0 aromatic rings. The number of carbonyl (C=O) groups excluding carboxylic acids is 1. The first-order valence-corrected chi connectivity index (χ1v) is 6.37. The zero-order chi connectivity index (χ0) is 13.0. The van der Waals surface area contributed by atoms with Crippen LogP contribution in [0, 0.1) is 0 Å². The van der Waals surface area contributed by atoms with Crippen LogP contribution in [0.3, 0.4) is 0 Å². The molecule has 1 atom stereocenters. The van der Waals surface area contributed by atoms with Gasteiger partial charge < -0.3 is 10.1 Å². The number of nitrogens with one attached hydrogen (secondary N) is 1. The third kappa shape index (κ3) is 7.44. The Labute approximate surface area is 95.6 Å². The van der Waals surface area contributed by atoms with Crippen LogP contribution in [0.25, 0.3) is 0 Å². The number of halogens is 1. The standard InChI is InChI=1S/C9H18FNO4S/c1-7(16(10,13)14)5-6-11-8(12)15-9(2,3)4/h7H,5-6H2,1-4H3,(H,11,12). The average Bonchev–Trinajstić information content (AvgIpc) is 1.98. The molecule has 96 valence electrons. The second-order valence-corrected chi connectivity index (χ2v) is 6.26. The predicted octanol–water partition coefficient (Wildman–Crippen LogP) is 1.59. The smallest absolute Gasteiger partial charge is 0.407 e. The molecule has 0 aliphatic rings. The minimum absolute atomic E-state index is 0.0120. The van der Waals surface area contributed by atoms with E-state index in [4.69, 9.17) is 4.74 Å². The van der Waals surface area contributed by atoms with Crippen molar-refractivity contribution in [1.29, 1.82) is 0 Å². The van der Waals surface area contributed by atoms with Crippen LogP contribution in [0.1, 0.15) is 34.1 Å². The van der Waals surface area contributed by atoms with Crippen LogP contribution >= 0.6 is 0 Å². The summed E-state index contributed by atoms with van der Waals surface area (Å²) < 4.78 is 38.2. The predicted molar refractivity (Wildman–Crippen MR) is 58.3 cm³/mol. The van der Waals surface area contributed by atoms with Crippen LogP contribution in [0.4, 0.5) is 8.68 Å². The molecule has 1 unspecified atom stereocenters. The lowest BCUT2D eigenvalue weighted by Gasteiger charge is -2.19. The third-order valence-electron chi connectivity index (χ3n) is 1.70. The van der Waals surface area contributed by atoms with Gasteiger partial charge in [-0.2, -0.15) is 8.42 Å². The number of ether oxygens (including phenoxy) is 1. The summed E-state index contributed by atoms with van der Waals surface area (Å²) in [4.78, 5) is 11.1. The molecule has 0 heterocycles. The van der Waals surface area contributed by atoms with E-state index in [2.05, 4.69) is 5.32 Å². The van der Waals surface area contributed by atoms with Gasteiger partial charge in [-0.1, -0.05) is 0 Å². The molecule has 0 rings (SSSR count). The molecule has 5 nitrogen and oxygen atoms in total. The summed E-state index contributed by atoms with van der Waals surface area (Å²) in [6, 6.07) is 0. The number of hydrogen-bond donors (Lipinski definition) is 1. The van der Waals surface area contributed by atoms with E-state index < -0.39 is 27.2 Å². The van der Waals surface area contributed by atoms with Gasteiger partial charge >= 0.3 is 16.3 Å². The molecule has 0 bridgehead atoms. The van der Waals surface area contributed by atoms with Crippen LogP contribution < -0.4 is 5.32 Å². The molecule has 0 saturated heterocycles. The lowest BCUT2D eigenvalue weighted by Crippen LogP contribution is -2.34. The summed E-state index contributed by atoms with van der Waals surface area (Å²) in [7, 11) is -4.53. The fourth-order valence-corrected chi connectivity index (χ4v) is 1.23. The second-order valence-electron chi connectivity index (χ2n) is 4.50. The minimum atomic E-state index is -4.53. The van der Waals surface area contributed by atoms with Crippen molar-refractivity contribution in [2.24, 2.45) is 0 Å². The zero-order valence-corrected chi connectivity index (χ0v) is 10.7. The van der Waals surface area contributed by atoms with Crippen molar-refractivity contribution in [2.75, 3.05) is 6.54 Å². The molecule has 1 N–H and O–H groups in total. The van der Waals surface area contributed by atoms with Gasteiger partial charge in [-0.15, -0.1) is 3.89 Å². The Morgan fingerprint density at radius 1 is 1.44 bits per heavy atom. The van der Waals surface area contributed by atoms with Gasteiger partial charge in [0.15, 0.2) is 0 Å². The highest BCUT2D eigenvalue weighted by atomic mass is 32.3. The van der Waals surface area contributed by atoms with Gasteiger partial charge in [-0.05, 0) is 34.1 Å². The molecule has 0 spiro atoms. The van der Waals surface area contributed by atoms with Gasteiger partial charge in [-0.3, -0.25) is 0 Å². The van der Waals surface area contributed by atoms with Gasteiger partial charge in [0.05, 0.1) is 5.25 Å². The maximum absolute atomic E-state index is 12.4. The van der Waals surface area contributed by atoms with Crippen molar-refractivity contribution >= 4 is 16.3 Å². The third-order valence-corrected chi connectivity index (χ3v) is 2.90. The summed E-state index contributed by atoms with van der Waals surface area (Å²) in [5.74, 6) is 0. The lowest BCUT2D eigenvalue weighted by molar-refractivity contribution is 0.0527. The molecule has 0 aliphatic heterocycles. The molecule has 0 fully saturated rings. The lowest BCUT2D eigenvalue weighted by atomic mass is 10.2. The van der Waals surface area contributed by atoms with Gasteiger partial charge in [0.1, 0.15) is 5.60 Å². The van der Waals surface area contributed by atoms with E-state index in [1.54, 1.807) is 20.8 Å². The van der Waals surface area contributed by atoms with E-state index in [9.17, 15) is 17.1 Å². The van der Waals surface area contributed by atoms with Crippen LogP contribution in [-0.4, -0.2) is 31.9 Å². The van der Waals surface area contributed by atoms with Crippen molar-refractivity contribution in [1.82, 2.24) is 5.32 Å². The average molecular weight is 255 g/mol. The fraction of sp³-hybridized carbons (Fsp3) is 0.889. The summed E-state index contributed by atoms with van der Waals surface area (Å²) >= 11 is 0. The topological polar surface area (TPSA) is 72.5 Å². The van der Waals surface area contributed by atoms with Crippen LogP contribution in [0.2, 0.25) is 0 Å². The Hall–Kier alpha value is -0.850. The Balaban J connectivity index is 3.88. The normalized spacial score (nSPS) is 14.3. The number of carbonyl (C=O) groups is 1. The highest BCUT2D eigenvalue weighted by Gasteiger charge is 2.20. The van der Waals surface area contributed by atoms with E-state index >= 15 is 0 Å². The fourth-order valence-electron chi connectivity index (χ4n) is 0.832. The quantitative estimate of drug-likeness (QED) is 0.774. The number of rotatable bonds is 4. The van der Waals surface area contributed by atoms with Crippen molar-refractivity contribution in [3.05, 3.63) is 0 Å². The maximum atomic E-state index is 12.4. The summed E-state index contributed by atoms with van der Waals surface area (Å²) in [5.41, 5.74) is -0.609. The number of hydrogen-bond acceptors (Lipinski definition) is 4. The van der Waals surface area contributed by atoms with E-state index in [1.807, 2.05) is 0 Å².